The van der Waals surface area contributed by atoms with Crippen molar-refractivity contribution in [2.75, 3.05) is 13.6 Å². The molecule has 1 aromatic carbocycles. The van der Waals surface area contributed by atoms with Gasteiger partial charge >= 0.3 is 0 Å². The van der Waals surface area contributed by atoms with Gasteiger partial charge in [-0.2, -0.15) is 0 Å². The van der Waals surface area contributed by atoms with Crippen LogP contribution in [0.15, 0.2) is 30.3 Å². The minimum absolute atomic E-state index is 0.149. The van der Waals surface area contributed by atoms with Crippen molar-refractivity contribution in [1.82, 2.24) is 10.2 Å². The van der Waals surface area contributed by atoms with E-state index in [1.807, 2.05) is 44.0 Å². The highest BCUT2D eigenvalue weighted by Gasteiger charge is 2.29. The van der Waals surface area contributed by atoms with E-state index in [1.54, 1.807) is 0 Å². The van der Waals surface area contributed by atoms with Gasteiger partial charge in [-0.1, -0.05) is 37.3 Å². The van der Waals surface area contributed by atoms with Gasteiger partial charge in [0.15, 0.2) is 0 Å². The van der Waals surface area contributed by atoms with Crippen LogP contribution in [0.5, 0.6) is 0 Å². The summed E-state index contributed by atoms with van der Waals surface area (Å²) >= 11 is 0. The minimum atomic E-state index is -0.510. The third kappa shape index (κ3) is 3.84. The van der Waals surface area contributed by atoms with Gasteiger partial charge in [0.1, 0.15) is 0 Å². The van der Waals surface area contributed by atoms with Crippen molar-refractivity contribution in [3.05, 3.63) is 35.9 Å². The number of nitrogens with one attached hydrogen (secondary N) is 1. The van der Waals surface area contributed by atoms with E-state index in [0.717, 1.165) is 13.0 Å². The molecule has 1 amide bonds. The number of carbonyl (C=O) groups is 1. The smallest absolute Gasteiger partial charge is 0.242 e. The Balaban J connectivity index is 2.80. The van der Waals surface area contributed by atoms with Gasteiger partial charge in [0, 0.05) is 13.1 Å². The molecule has 0 atom stereocenters. The standard InChI is InChI=1S/C15H24N2O/c1-5-11-17(14(18)15(2,3)16-4)12-13-9-7-6-8-10-13/h6-10,16H,5,11-12H2,1-4H3. The molecule has 3 nitrogen and oxygen atoms in total. The van der Waals surface area contributed by atoms with Crippen molar-refractivity contribution in [3.63, 3.8) is 0 Å². The van der Waals surface area contributed by atoms with E-state index in [0.29, 0.717) is 6.54 Å². The molecule has 1 N–H and O–H groups in total. The Labute approximate surface area is 110 Å². The Bertz CT molecular complexity index is 373. The van der Waals surface area contributed by atoms with Gasteiger partial charge < -0.3 is 10.2 Å². The average molecular weight is 248 g/mol. The molecule has 0 spiro atoms. The van der Waals surface area contributed by atoms with Crippen LogP contribution in [-0.2, 0) is 11.3 Å². The summed E-state index contributed by atoms with van der Waals surface area (Å²) < 4.78 is 0. The fraction of sp³-hybridized carbons (Fsp3) is 0.533. The number of rotatable bonds is 6. The number of amides is 1. The SMILES string of the molecule is CCCN(Cc1ccccc1)C(=O)C(C)(C)NC. The van der Waals surface area contributed by atoms with Crippen LogP contribution in [0.25, 0.3) is 0 Å². The summed E-state index contributed by atoms with van der Waals surface area (Å²) in [7, 11) is 1.82. The Morgan fingerprint density at radius 2 is 1.89 bits per heavy atom. The number of hydrogen-bond acceptors (Lipinski definition) is 2. The van der Waals surface area contributed by atoms with Crippen LogP contribution in [0.2, 0.25) is 0 Å². The first-order chi connectivity index (χ1) is 8.51. The number of likely N-dealkylation sites (N-methyl/N-ethyl adjacent to an activating group) is 1. The Hall–Kier alpha value is -1.35. The molecule has 0 saturated heterocycles. The van der Waals surface area contributed by atoms with Gasteiger partial charge in [-0.25, -0.2) is 0 Å². The van der Waals surface area contributed by atoms with E-state index in [1.165, 1.54) is 5.56 Å². The number of hydrogen-bond donors (Lipinski definition) is 1. The summed E-state index contributed by atoms with van der Waals surface area (Å²) in [4.78, 5) is 14.4. The molecule has 0 fully saturated rings. The first-order valence-electron chi connectivity index (χ1n) is 6.53. The maximum absolute atomic E-state index is 12.5. The number of carbonyl (C=O) groups excluding carboxylic acids is 1. The molecule has 100 valence electrons. The van der Waals surface area contributed by atoms with E-state index in [9.17, 15) is 4.79 Å². The second kappa shape index (κ2) is 6.55. The van der Waals surface area contributed by atoms with Crippen molar-refractivity contribution in [2.24, 2.45) is 0 Å². The van der Waals surface area contributed by atoms with Crippen molar-refractivity contribution in [3.8, 4) is 0 Å². The van der Waals surface area contributed by atoms with Gasteiger partial charge in [0.05, 0.1) is 5.54 Å². The lowest BCUT2D eigenvalue weighted by atomic mass is 10.0. The van der Waals surface area contributed by atoms with Crippen molar-refractivity contribution < 1.29 is 4.79 Å². The zero-order valence-electron chi connectivity index (χ0n) is 11.9. The molecular formula is C15H24N2O. The van der Waals surface area contributed by atoms with E-state index in [4.69, 9.17) is 0 Å². The Morgan fingerprint density at radius 1 is 1.28 bits per heavy atom. The highest BCUT2D eigenvalue weighted by atomic mass is 16.2. The van der Waals surface area contributed by atoms with Gasteiger partial charge in [-0.15, -0.1) is 0 Å². The monoisotopic (exact) mass is 248 g/mol. The molecule has 1 aromatic rings. The van der Waals surface area contributed by atoms with Crippen LogP contribution in [0.3, 0.4) is 0 Å². The lowest BCUT2D eigenvalue weighted by molar-refractivity contribution is -0.137. The third-order valence-electron chi connectivity index (χ3n) is 3.16. The maximum Gasteiger partial charge on any atom is 0.242 e. The van der Waals surface area contributed by atoms with Gasteiger partial charge in [0.2, 0.25) is 5.91 Å². The zero-order valence-corrected chi connectivity index (χ0v) is 11.9. The predicted octanol–water partition coefficient (Wildman–Crippen LogP) is 2.42. The van der Waals surface area contributed by atoms with Crippen molar-refractivity contribution in [1.29, 1.82) is 0 Å². The summed E-state index contributed by atoms with van der Waals surface area (Å²) in [5, 5.41) is 3.07. The summed E-state index contributed by atoms with van der Waals surface area (Å²) in [6.45, 7) is 7.40. The largest absolute Gasteiger partial charge is 0.337 e. The molecule has 18 heavy (non-hydrogen) atoms. The van der Waals surface area contributed by atoms with Crippen LogP contribution in [0.1, 0.15) is 32.8 Å². The van der Waals surface area contributed by atoms with Crippen molar-refractivity contribution >= 4 is 5.91 Å². The van der Waals surface area contributed by atoms with Crippen LogP contribution >= 0.6 is 0 Å². The molecule has 3 heteroatoms. The number of nitrogens with zero attached hydrogens (tertiary/aromatic N) is 1. The molecule has 0 aromatic heterocycles. The molecule has 0 aliphatic rings. The first-order valence-corrected chi connectivity index (χ1v) is 6.53. The topological polar surface area (TPSA) is 32.3 Å². The summed E-state index contributed by atoms with van der Waals surface area (Å²) in [6.07, 6.45) is 0.971. The molecule has 0 aliphatic heterocycles. The lowest BCUT2D eigenvalue weighted by Crippen LogP contribution is -2.52. The van der Waals surface area contributed by atoms with Crippen LogP contribution in [0, 0.1) is 0 Å². The molecule has 0 heterocycles. The normalized spacial score (nSPS) is 11.3. The Kier molecular flexibility index (Phi) is 5.35. The van der Waals surface area contributed by atoms with Crippen molar-refractivity contribution in [2.45, 2.75) is 39.3 Å². The molecule has 0 bridgehead atoms. The quantitative estimate of drug-likeness (QED) is 0.838. The summed E-state index contributed by atoms with van der Waals surface area (Å²) in [6, 6.07) is 10.1. The van der Waals surface area contributed by atoms with Gasteiger partial charge in [-0.3, -0.25) is 4.79 Å². The third-order valence-corrected chi connectivity index (χ3v) is 3.16. The fourth-order valence-electron chi connectivity index (χ4n) is 1.83. The van der Waals surface area contributed by atoms with Gasteiger partial charge in [0.25, 0.3) is 0 Å². The molecule has 0 radical (unpaired) electrons. The second-order valence-electron chi connectivity index (χ2n) is 5.09. The highest BCUT2D eigenvalue weighted by molar-refractivity contribution is 5.85. The predicted molar refractivity (Wildman–Crippen MR) is 75.3 cm³/mol. The second-order valence-corrected chi connectivity index (χ2v) is 5.09. The average Bonchev–Trinajstić information content (AvgIpc) is 2.38. The van der Waals surface area contributed by atoms with Crippen LogP contribution in [-0.4, -0.2) is 29.9 Å². The maximum atomic E-state index is 12.5. The molecular weight excluding hydrogens is 224 g/mol. The molecule has 0 unspecified atom stereocenters. The molecule has 0 aliphatic carbocycles. The van der Waals surface area contributed by atoms with Gasteiger partial charge in [-0.05, 0) is 32.9 Å². The lowest BCUT2D eigenvalue weighted by Gasteiger charge is -2.31. The van der Waals surface area contributed by atoms with Crippen LogP contribution in [0.4, 0.5) is 0 Å². The fourth-order valence-corrected chi connectivity index (χ4v) is 1.83. The van der Waals surface area contributed by atoms with E-state index < -0.39 is 5.54 Å². The molecule has 1 rings (SSSR count). The molecule has 0 saturated carbocycles. The highest BCUT2D eigenvalue weighted by Crippen LogP contribution is 2.12. The van der Waals surface area contributed by atoms with E-state index >= 15 is 0 Å². The first kappa shape index (κ1) is 14.7. The zero-order chi connectivity index (χ0) is 13.6. The summed E-state index contributed by atoms with van der Waals surface area (Å²) in [5.41, 5.74) is 0.662. The minimum Gasteiger partial charge on any atom is -0.337 e. The Morgan fingerprint density at radius 3 is 2.39 bits per heavy atom. The van der Waals surface area contributed by atoms with E-state index in [-0.39, 0.29) is 5.91 Å². The van der Waals surface area contributed by atoms with Crippen LogP contribution < -0.4 is 5.32 Å². The number of benzene rings is 1. The van der Waals surface area contributed by atoms with E-state index in [2.05, 4.69) is 24.4 Å². The summed E-state index contributed by atoms with van der Waals surface area (Å²) in [5.74, 6) is 0.149.